The van der Waals surface area contributed by atoms with Crippen molar-refractivity contribution in [3.63, 3.8) is 0 Å². The van der Waals surface area contributed by atoms with E-state index in [4.69, 9.17) is 0 Å². The van der Waals surface area contributed by atoms with E-state index in [1.165, 1.54) is 12.1 Å². The number of rotatable bonds is 2. The highest BCUT2D eigenvalue weighted by atomic mass is 32.2. The van der Waals surface area contributed by atoms with Crippen LogP contribution in [0.3, 0.4) is 0 Å². The number of nitrogens with one attached hydrogen (secondary N) is 2. The Hall–Kier alpha value is -2.94. The fourth-order valence-electron chi connectivity index (χ4n) is 2.68. The van der Waals surface area contributed by atoms with Crippen molar-refractivity contribution in [2.75, 3.05) is 10.8 Å². The van der Waals surface area contributed by atoms with Crippen molar-refractivity contribution in [2.24, 2.45) is 0 Å². The number of fused-ring (bicyclic) bond motifs is 1. The van der Waals surface area contributed by atoms with Crippen LogP contribution in [0.15, 0.2) is 36.4 Å². The predicted octanol–water partition coefficient (Wildman–Crippen LogP) is 1.59. The van der Waals surface area contributed by atoms with E-state index in [2.05, 4.69) is 14.9 Å². The number of anilines is 1. The molecule has 2 aromatic carbocycles. The van der Waals surface area contributed by atoms with E-state index >= 15 is 4.39 Å². The number of halogens is 1. The summed E-state index contributed by atoms with van der Waals surface area (Å²) in [5.41, 5.74) is 0.949. The highest BCUT2D eigenvalue weighted by Gasteiger charge is 2.32. The molecule has 3 aromatic rings. The van der Waals surface area contributed by atoms with Crippen molar-refractivity contribution in [2.45, 2.75) is 0 Å². The van der Waals surface area contributed by atoms with Crippen LogP contribution in [-0.2, 0) is 16.0 Å². The number of aromatic hydroxyl groups is 1. The lowest BCUT2D eigenvalue weighted by molar-refractivity contribution is -0.117. The molecule has 0 spiro atoms. The van der Waals surface area contributed by atoms with Crippen molar-refractivity contribution in [3.05, 3.63) is 42.2 Å². The molecule has 0 aliphatic carbocycles. The van der Waals surface area contributed by atoms with Crippen LogP contribution in [0, 0.1) is 5.82 Å². The molecule has 0 bridgehead atoms. The number of hydrogen-bond donors (Lipinski definition) is 3. The van der Waals surface area contributed by atoms with Gasteiger partial charge in [-0.2, -0.15) is 5.10 Å². The number of carbonyl (C=O) groups excluding carboxylic acids is 1. The molecule has 1 saturated heterocycles. The summed E-state index contributed by atoms with van der Waals surface area (Å²) in [5.74, 6) is -1.71. The van der Waals surface area contributed by atoms with Gasteiger partial charge in [-0.25, -0.2) is 8.60 Å². The number of para-hydroxylation sites is 1. The number of H-pyrrole nitrogens is 1. The van der Waals surface area contributed by atoms with E-state index in [0.717, 1.165) is 9.82 Å². The van der Waals surface area contributed by atoms with Crippen LogP contribution in [0.5, 0.6) is 5.75 Å². The number of phenolic OH excluding ortho intramolecular Hbond substituents is 1. The first kappa shape index (κ1) is 14.6. The summed E-state index contributed by atoms with van der Waals surface area (Å²) in [6.45, 7) is -0.304. The minimum Gasteiger partial charge on any atom is -0.506 e. The molecular formula is C15H11FN4O3S. The third-order valence-electron chi connectivity index (χ3n) is 3.76. The predicted molar refractivity (Wildman–Crippen MR) is 86.8 cm³/mol. The van der Waals surface area contributed by atoms with Gasteiger partial charge in [0.2, 0.25) is 11.2 Å². The largest absolute Gasteiger partial charge is 0.506 e. The SMILES string of the molecule is O=C1CN(c2c(O)ccc(-c3n[nH]c4ccccc34)c2F)S(=O)N1. The Morgan fingerprint density at radius 3 is 2.79 bits per heavy atom. The van der Waals surface area contributed by atoms with Crippen molar-refractivity contribution in [3.8, 4) is 17.0 Å². The van der Waals surface area contributed by atoms with Gasteiger partial charge in [0, 0.05) is 10.9 Å². The van der Waals surface area contributed by atoms with Crippen LogP contribution < -0.4 is 9.03 Å². The number of aromatic nitrogens is 2. The van der Waals surface area contributed by atoms with Crippen LogP contribution in [0.2, 0.25) is 0 Å². The number of aromatic amines is 1. The molecule has 2 heterocycles. The van der Waals surface area contributed by atoms with Crippen LogP contribution in [-0.4, -0.2) is 32.0 Å². The smallest absolute Gasteiger partial charge is 0.253 e. The molecule has 1 amide bonds. The first-order valence-corrected chi connectivity index (χ1v) is 8.11. The fourth-order valence-corrected chi connectivity index (χ4v) is 3.62. The van der Waals surface area contributed by atoms with E-state index in [-0.39, 0.29) is 17.8 Å². The topological polar surface area (TPSA) is 98.3 Å². The zero-order valence-corrected chi connectivity index (χ0v) is 12.9. The molecule has 24 heavy (non-hydrogen) atoms. The van der Waals surface area contributed by atoms with E-state index in [1.54, 1.807) is 12.1 Å². The summed E-state index contributed by atoms with van der Waals surface area (Å²) in [6.07, 6.45) is 0. The molecule has 7 nitrogen and oxygen atoms in total. The molecule has 9 heteroatoms. The van der Waals surface area contributed by atoms with Gasteiger partial charge in [-0.05, 0) is 18.2 Å². The van der Waals surface area contributed by atoms with Crippen LogP contribution in [0.25, 0.3) is 22.2 Å². The number of carbonyl (C=O) groups is 1. The van der Waals surface area contributed by atoms with Gasteiger partial charge in [-0.1, -0.05) is 18.2 Å². The van der Waals surface area contributed by atoms with Crippen LogP contribution in [0.1, 0.15) is 0 Å². The number of amides is 1. The van der Waals surface area contributed by atoms with Crippen molar-refractivity contribution in [1.82, 2.24) is 14.9 Å². The second-order valence-electron chi connectivity index (χ2n) is 5.22. The molecule has 0 saturated carbocycles. The average molecular weight is 346 g/mol. The Kier molecular flexibility index (Phi) is 3.24. The minimum atomic E-state index is -1.94. The lowest BCUT2D eigenvalue weighted by atomic mass is 10.1. The first-order valence-electron chi connectivity index (χ1n) is 7.00. The van der Waals surface area contributed by atoms with Gasteiger partial charge < -0.3 is 5.11 Å². The second-order valence-corrected chi connectivity index (χ2v) is 6.37. The van der Waals surface area contributed by atoms with E-state index < -0.39 is 28.6 Å². The summed E-state index contributed by atoms with van der Waals surface area (Å²) in [6, 6.07) is 9.91. The minimum absolute atomic E-state index is 0.136. The molecular weight excluding hydrogens is 335 g/mol. The maximum absolute atomic E-state index is 15.0. The van der Waals surface area contributed by atoms with Gasteiger partial charge in [-0.3, -0.25) is 18.9 Å². The summed E-state index contributed by atoms with van der Waals surface area (Å²) in [5, 5.41) is 17.7. The second kappa shape index (κ2) is 5.31. The number of phenols is 1. The molecule has 4 rings (SSSR count). The quantitative estimate of drug-likeness (QED) is 0.656. The zero-order chi connectivity index (χ0) is 16.8. The summed E-state index contributed by atoms with van der Waals surface area (Å²) in [7, 11) is 0. The lowest BCUT2D eigenvalue weighted by Crippen LogP contribution is -2.23. The van der Waals surface area contributed by atoms with Gasteiger partial charge in [0.1, 0.15) is 23.7 Å². The molecule has 1 unspecified atom stereocenters. The molecule has 1 aliphatic heterocycles. The molecule has 1 aliphatic rings. The van der Waals surface area contributed by atoms with Crippen molar-refractivity contribution < 1.29 is 18.5 Å². The highest BCUT2D eigenvalue weighted by molar-refractivity contribution is 7.85. The first-order chi connectivity index (χ1) is 11.6. The molecule has 1 aromatic heterocycles. The van der Waals surface area contributed by atoms with Gasteiger partial charge in [0.25, 0.3) is 5.91 Å². The third-order valence-corrected chi connectivity index (χ3v) is 4.87. The van der Waals surface area contributed by atoms with E-state index in [9.17, 15) is 14.1 Å². The normalized spacial score (nSPS) is 17.5. The number of nitrogens with zero attached hydrogens (tertiary/aromatic N) is 2. The third kappa shape index (κ3) is 2.13. The van der Waals surface area contributed by atoms with Crippen LogP contribution in [0.4, 0.5) is 10.1 Å². The summed E-state index contributed by atoms with van der Waals surface area (Å²) < 4.78 is 30.1. The average Bonchev–Trinajstić information content (AvgIpc) is 3.11. The highest BCUT2D eigenvalue weighted by Crippen LogP contribution is 2.39. The Bertz CT molecular complexity index is 1000. The van der Waals surface area contributed by atoms with Gasteiger partial charge >= 0.3 is 0 Å². The molecule has 3 N–H and O–H groups in total. The molecule has 1 fully saturated rings. The van der Waals surface area contributed by atoms with E-state index in [0.29, 0.717) is 11.1 Å². The molecule has 1 atom stereocenters. The monoisotopic (exact) mass is 346 g/mol. The molecule has 0 radical (unpaired) electrons. The fraction of sp³-hybridized carbons (Fsp3) is 0.0667. The van der Waals surface area contributed by atoms with Crippen molar-refractivity contribution in [1.29, 1.82) is 0 Å². The maximum atomic E-state index is 15.0. The number of hydrogen-bond acceptors (Lipinski definition) is 4. The number of benzene rings is 2. The Morgan fingerprint density at radius 2 is 2.04 bits per heavy atom. The Morgan fingerprint density at radius 1 is 1.25 bits per heavy atom. The van der Waals surface area contributed by atoms with Gasteiger partial charge in [0.05, 0.1) is 5.52 Å². The zero-order valence-electron chi connectivity index (χ0n) is 12.1. The maximum Gasteiger partial charge on any atom is 0.253 e. The van der Waals surface area contributed by atoms with Gasteiger partial charge in [-0.15, -0.1) is 0 Å². The summed E-state index contributed by atoms with van der Waals surface area (Å²) >= 11 is -1.94. The van der Waals surface area contributed by atoms with Crippen molar-refractivity contribution >= 4 is 33.7 Å². The van der Waals surface area contributed by atoms with Crippen LogP contribution >= 0.6 is 0 Å². The van der Waals surface area contributed by atoms with Gasteiger partial charge in [0.15, 0.2) is 5.82 Å². The standard InChI is InChI=1S/C15H11FN4O3S/c16-13-9(14-8-3-1-2-4-10(8)17-18-14)5-6-11(21)15(13)20-7-12(22)19-24(20)23/h1-6,21H,7H2,(H,17,18)(H,19,22). The van der Waals surface area contributed by atoms with E-state index in [1.807, 2.05) is 12.1 Å². The summed E-state index contributed by atoms with van der Waals surface area (Å²) in [4.78, 5) is 11.4. The molecule has 122 valence electrons. The lowest BCUT2D eigenvalue weighted by Gasteiger charge is -2.17. The Labute approximate surface area is 137 Å². The Balaban J connectivity index is 1.91.